The summed E-state index contributed by atoms with van der Waals surface area (Å²) in [4.78, 5) is 12.3. The molecule has 23 heavy (non-hydrogen) atoms. The van der Waals surface area contributed by atoms with E-state index in [0.717, 1.165) is 28.6 Å². The van der Waals surface area contributed by atoms with Crippen molar-refractivity contribution in [3.05, 3.63) is 22.8 Å². The van der Waals surface area contributed by atoms with Crippen LogP contribution in [0.4, 0.5) is 5.69 Å². The molecule has 0 spiro atoms. The normalized spacial score (nSPS) is 22.7. The SMILES string of the molecule is Cc1cc2c(c3c1NC(=O)C3C(C)C)OC(COS(C)(=O)=O)C2. The zero-order chi connectivity index (χ0) is 16.9. The van der Waals surface area contributed by atoms with Gasteiger partial charge in [0.2, 0.25) is 5.91 Å². The number of anilines is 1. The molecule has 0 aromatic heterocycles. The maximum Gasteiger partial charge on any atom is 0.264 e. The first-order chi connectivity index (χ1) is 10.7. The third-order valence-electron chi connectivity index (χ3n) is 4.30. The minimum Gasteiger partial charge on any atom is -0.487 e. The lowest BCUT2D eigenvalue weighted by molar-refractivity contribution is -0.117. The van der Waals surface area contributed by atoms with Crippen LogP contribution < -0.4 is 10.1 Å². The van der Waals surface area contributed by atoms with Crippen molar-refractivity contribution in [1.82, 2.24) is 0 Å². The van der Waals surface area contributed by atoms with Crippen LogP contribution >= 0.6 is 0 Å². The van der Waals surface area contributed by atoms with E-state index in [4.69, 9.17) is 8.92 Å². The highest BCUT2D eigenvalue weighted by atomic mass is 32.2. The number of rotatable bonds is 4. The van der Waals surface area contributed by atoms with Crippen molar-refractivity contribution in [3.63, 3.8) is 0 Å². The van der Waals surface area contributed by atoms with Gasteiger partial charge < -0.3 is 10.1 Å². The first-order valence-corrected chi connectivity index (χ1v) is 9.47. The van der Waals surface area contributed by atoms with Gasteiger partial charge in [0, 0.05) is 12.0 Å². The van der Waals surface area contributed by atoms with Gasteiger partial charge in [0.15, 0.2) is 0 Å². The van der Waals surface area contributed by atoms with Crippen molar-refractivity contribution in [1.29, 1.82) is 0 Å². The molecule has 0 saturated carbocycles. The predicted octanol–water partition coefficient (Wildman–Crippen LogP) is 1.97. The molecule has 0 fully saturated rings. The summed E-state index contributed by atoms with van der Waals surface area (Å²) in [6.07, 6.45) is 1.25. The van der Waals surface area contributed by atoms with E-state index in [0.29, 0.717) is 12.2 Å². The minimum absolute atomic E-state index is 0.00839. The Morgan fingerprint density at radius 1 is 1.43 bits per heavy atom. The van der Waals surface area contributed by atoms with E-state index in [1.165, 1.54) is 0 Å². The Balaban J connectivity index is 1.94. The van der Waals surface area contributed by atoms with Crippen LogP contribution in [-0.4, -0.2) is 33.3 Å². The average molecular weight is 339 g/mol. The third-order valence-corrected chi connectivity index (χ3v) is 4.86. The molecule has 2 aliphatic rings. The Labute approximate surface area is 136 Å². The molecule has 0 saturated heterocycles. The zero-order valence-electron chi connectivity index (χ0n) is 13.7. The molecule has 0 radical (unpaired) electrons. The van der Waals surface area contributed by atoms with Gasteiger partial charge >= 0.3 is 0 Å². The van der Waals surface area contributed by atoms with Gasteiger partial charge in [0.05, 0.1) is 17.9 Å². The summed E-state index contributed by atoms with van der Waals surface area (Å²) in [5.74, 6) is 0.612. The van der Waals surface area contributed by atoms with E-state index in [1.807, 2.05) is 26.8 Å². The number of benzene rings is 1. The van der Waals surface area contributed by atoms with Gasteiger partial charge in [-0.25, -0.2) is 0 Å². The van der Waals surface area contributed by atoms with Gasteiger partial charge in [-0.2, -0.15) is 8.42 Å². The first-order valence-electron chi connectivity index (χ1n) is 7.65. The number of carbonyl (C=O) groups is 1. The highest BCUT2D eigenvalue weighted by Crippen LogP contribution is 2.49. The molecule has 2 unspecified atom stereocenters. The fourth-order valence-electron chi connectivity index (χ4n) is 3.37. The molecule has 6 nitrogen and oxygen atoms in total. The van der Waals surface area contributed by atoms with Crippen LogP contribution in [0.25, 0.3) is 0 Å². The van der Waals surface area contributed by atoms with Crippen LogP contribution in [0, 0.1) is 12.8 Å². The minimum atomic E-state index is -3.50. The van der Waals surface area contributed by atoms with Gasteiger partial charge in [-0.05, 0) is 24.0 Å². The van der Waals surface area contributed by atoms with E-state index in [9.17, 15) is 13.2 Å². The molecule has 2 atom stereocenters. The fourth-order valence-corrected chi connectivity index (χ4v) is 3.76. The quantitative estimate of drug-likeness (QED) is 0.848. The van der Waals surface area contributed by atoms with Crippen molar-refractivity contribution in [2.75, 3.05) is 18.2 Å². The number of hydrogen-bond acceptors (Lipinski definition) is 5. The molecule has 2 heterocycles. The van der Waals surface area contributed by atoms with E-state index in [1.54, 1.807) is 0 Å². The predicted molar refractivity (Wildman–Crippen MR) is 86.3 cm³/mol. The summed E-state index contributed by atoms with van der Waals surface area (Å²) >= 11 is 0. The molecule has 0 bridgehead atoms. The van der Waals surface area contributed by atoms with Gasteiger partial charge in [0.1, 0.15) is 18.5 Å². The second-order valence-corrected chi connectivity index (χ2v) is 8.26. The van der Waals surface area contributed by atoms with Gasteiger partial charge in [-0.15, -0.1) is 0 Å². The lowest BCUT2D eigenvalue weighted by Crippen LogP contribution is -2.23. The van der Waals surface area contributed by atoms with Crippen molar-refractivity contribution in [2.24, 2.45) is 5.92 Å². The van der Waals surface area contributed by atoms with Gasteiger partial charge in [-0.1, -0.05) is 19.9 Å². The van der Waals surface area contributed by atoms with Crippen LogP contribution in [0.2, 0.25) is 0 Å². The van der Waals surface area contributed by atoms with Crippen LogP contribution in [0.3, 0.4) is 0 Å². The van der Waals surface area contributed by atoms with Crippen LogP contribution in [0.1, 0.15) is 36.5 Å². The summed E-state index contributed by atoms with van der Waals surface area (Å²) in [5.41, 5.74) is 3.74. The Morgan fingerprint density at radius 3 is 2.74 bits per heavy atom. The smallest absolute Gasteiger partial charge is 0.264 e. The van der Waals surface area contributed by atoms with Crippen LogP contribution in [0.15, 0.2) is 6.07 Å². The number of hydrogen-bond donors (Lipinski definition) is 1. The largest absolute Gasteiger partial charge is 0.487 e. The Kier molecular flexibility index (Phi) is 3.88. The zero-order valence-corrected chi connectivity index (χ0v) is 14.5. The Hall–Kier alpha value is -1.60. The number of carbonyl (C=O) groups excluding carboxylic acids is 1. The molecule has 1 aromatic carbocycles. The first kappa shape index (κ1) is 16.3. The van der Waals surface area contributed by atoms with Crippen molar-refractivity contribution in [2.45, 2.75) is 39.2 Å². The number of fused-ring (bicyclic) bond motifs is 3. The fraction of sp³-hybridized carbons (Fsp3) is 0.562. The van der Waals surface area contributed by atoms with Gasteiger partial charge in [0.25, 0.3) is 10.1 Å². The molecule has 3 rings (SSSR count). The highest BCUT2D eigenvalue weighted by molar-refractivity contribution is 7.85. The Morgan fingerprint density at radius 2 is 2.13 bits per heavy atom. The molecular weight excluding hydrogens is 318 g/mol. The topological polar surface area (TPSA) is 81.7 Å². The molecule has 126 valence electrons. The average Bonchev–Trinajstić information content (AvgIpc) is 2.96. The maximum absolute atomic E-state index is 12.3. The molecule has 0 aliphatic carbocycles. The van der Waals surface area contributed by atoms with E-state index in [2.05, 4.69) is 5.32 Å². The lowest BCUT2D eigenvalue weighted by Gasteiger charge is -2.17. The molecule has 1 N–H and O–H groups in total. The van der Waals surface area contributed by atoms with E-state index in [-0.39, 0.29) is 30.5 Å². The third kappa shape index (κ3) is 2.95. The molecule has 1 amide bonds. The molecule has 7 heteroatoms. The highest BCUT2D eigenvalue weighted by Gasteiger charge is 2.40. The second-order valence-electron chi connectivity index (χ2n) is 6.61. The Bertz CT molecular complexity index is 769. The standard InChI is InChI=1S/C16H21NO5S/c1-8(2)12-13-14(17-16(12)18)9(3)5-10-6-11(22-15(10)13)7-21-23(4,19)20/h5,8,11-12H,6-7H2,1-4H3,(H,17,18). The summed E-state index contributed by atoms with van der Waals surface area (Å²) in [5, 5.41) is 2.95. The van der Waals surface area contributed by atoms with Crippen molar-refractivity contribution < 1.29 is 22.1 Å². The summed E-state index contributed by atoms with van der Waals surface area (Å²) in [6, 6.07) is 2.00. The van der Waals surface area contributed by atoms with Crippen molar-refractivity contribution >= 4 is 21.7 Å². The molecular formula is C16H21NO5S. The van der Waals surface area contributed by atoms with Gasteiger partial charge in [-0.3, -0.25) is 8.98 Å². The number of aryl methyl sites for hydroxylation is 1. The van der Waals surface area contributed by atoms with E-state index >= 15 is 0 Å². The van der Waals surface area contributed by atoms with E-state index < -0.39 is 10.1 Å². The maximum atomic E-state index is 12.3. The monoisotopic (exact) mass is 339 g/mol. The summed E-state index contributed by atoms with van der Waals surface area (Å²) in [7, 11) is -3.50. The molecule has 1 aromatic rings. The number of nitrogens with one attached hydrogen (secondary N) is 1. The molecule has 2 aliphatic heterocycles. The summed E-state index contributed by atoms with van der Waals surface area (Å²) in [6.45, 7) is 5.96. The van der Waals surface area contributed by atoms with Crippen molar-refractivity contribution in [3.8, 4) is 5.75 Å². The summed E-state index contributed by atoms with van der Waals surface area (Å²) < 4.78 is 33.1. The number of amides is 1. The second kappa shape index (κ2) is 5.49. The van der Waals surface area contributed by atoms with Crippen LogP contribution in [-0.2, 0) is 25.5 Å². The lowest BCUT2D eigenvalue weighted by atomic mass is 9.87. The van der Waals surface area contributed by atoms with Crippen LogP contribution in [0.5, 0.6) is 5.75 Å². The number of ether oxygens (including phenoxy) is 1.